The van der Waals surface area contributed by atoms with Crippen molar-refractivity contribution >= 4 is 22.7 Å². The predicted molar refractivity (Wildman–Crippen MR) is 108 cm³/mol. The Morgan fingerprint density at radius 2 is 1.96 bits per heavy atom. The summed E-state index contributed by atoms with van der Waals surface area (Å²) in [5.41, 5.74) is 6.01. The number of aromatic nitrogens is 1. The number of aryl methyl sites for hydroxylation is 1. The normalized spacial score (nSPS) is 10.9. The van der Waals surface area contributed by atoms with E-state index in [1.54, 1.807) is 24.7 Å². The van der Waals surface area contributed by atoms with Crippen molar-refractivity contribution in [2.75, 3.05) is 19.1 Å². The van der Waals surface area contributed by atoms with Gasteiger partial charge in [0.1, 0.15) is 0 Å². The van der Waals surface area contributed by atoms with Crippen LogP contribution in [0.5, 0.6) is 11.5 Å². The number of rotatable bonds is 7. The highest BCUT2D eigenvalue weighted by Crippen LogP contribution is 2.30. The van der Waals surface area contributed by atoms with Gasteiger partial charge in [-0.15, -0.1) is 11.3 Å². The molecule has 0 saturated carbocycles. The van der Waals surface area contributed by atoms with Crippen LogP contribution in [-0.4, -0.2) is 24.9 Å². The Morgan fingerprint density at radius 1 is 1.15 bits per heavy atom. The Morgan fingerprint density at radius 3 is 2.69 bits per heavy atom. The summed E-state index contributed by atoms with van der Waals surface area (Å²) in [7, 11) is 1.63. The first kappa shape index (κ1) is 17.9. The number of thiazole rings is 1. The number of hydrogen-bond donors (Lipinski definition) is 1. The van der Waals surface area contributed by atoms with Crippen LogP contribution >= 0.6 is 11.3 Å². The lowest BCUT2D eigenvalue weighted by Gasteiger charge is -2.09. The van der Waals surface area contributed by atoms with Gasteiger partial charge in [0.05, 0.1) is 25.6 Å². The molecule has 0 unspecified atom stereocenters. The van der Waals surface area contributed by atoms with E-state index in [9.17, 15) is 0 Å². The SMILES string of the molecule is CCOc1ccc(/C=N/Nc2nc(-c3ccccc3)c(C)s2)cc1OC. The summed E-state index contributed by atoms with van der Waals surface area (Å²) in [5.74, 6) is 1.41. The molecule has 2 aromatic carbocycles. The van der Waals surface area contributed by atoms with Crippen molar-refractivity contribution in [3.63, 3.8) is 0 Å². The van der Waals surface area contributed by atoms with Crippen molar-refractivity contribution in [1.29, 1.82) is 0 Å². The van der Waals surface area contributed by atoms with Crippen LogP contribution in [0.1, 0.15) is 17.4 Å². The maximum absolute atomic E-state index is 5.52. The van der Waals surface area contributed by atoms with Crippen molar-refractivity contribution < 1.29 is 9.47 Å². The molecule has 0 aliphatic carbocycles. The number of methoxy groups -OCH3 is 1. The molecule has 3 aromatic rings. The number of nitrogens with zero attached hydrogens (tertiary/aromatic N) is 2. The second-order valence-electron chi connectivity index (χ2n) is 5.50. The fourth-order valence-corrected chi connectivity index (χ4v) is 3.29. The molecule has 5 nitrogen and oxygen atoms in total. The quantitative estimate of drug-likeness (QED) is 0.473. The van der Waals surface area contributed by atoms with E-state index in [0.29, 0.717) is 12.4 Å². The van der Waals surface area contributed by atoms with E-state index in [-0.39, 0.29) is 0 Å². The van der Waals surface area contributed by atoms with Crippen LogP contribution in [0.3, 0.4) is 0 Å². The van der Waals surface area contributed by atoms with Gasteiger partial charge in [-0.3, -0.25) is 5.43 Å². The zero-order valence-electron chi connectivity index (χ0n) is 15.0. The Labute approximate surface area is 157 Å². The second kappa shape index (κ2) is 8.49. The first-order chi connectivity index (χ1) is 12.7. The van der Waals surface area contributed by atoms with Crippen LogP contribution in [-0.2, 0) is 0 Å². The van der Waals surface area contributed by atoms with Gasteiger partial charge >= 0.3 is 0 Å². The van der Waals surface area contributed by atoms with Gasteiger partial charge in [-0.1, -0.05) is 30.3 Å². The topological polar surface area (TPSA) is 55.7 Å². The predicted octanol–water partition coefficient (Wildman–Crippen LogP) is 4.97. The number of ether oxygens (including phenoxy) is 2. The standard InChI is InChI=1S/C20H21N3O2S/c1-4-25-17-11-10-15(12-18(17)24-3)13-21-23-20-22-19(14(2)26-20)16-8-6-5-7-9-16/h5-13H,4H2,1-3H3,(H,22,23)/b21-13+. The molecule has 1 heterocycles. The van der Waals surface area contributed by atoms with Crippen LogP contribution in [0.2, 0.25) is 0 Å². The zero-order valence-corrected chi connectivity index (χ0v) is 15.8. The first-order valence-electron chi connectivity index (χ1n) is 8.34. The molecule has 1 aromatic heterocycles. The van der Waals surface area contributed by atoms with E-state index in [2.05, 4.69) is 34.6 Å². The maximum Gasteiger partial charge on any atom is 0.204 e. The van der Waals surface area contributed by atoms with Crippen LogP contribution in [0.25, 0.3) is 11.3 Å². The third-order valence-corrected chi connectivity index (χ3v) is 4.58. The molecule has 0 aliphatic heterocycles. The molecule has 1 N–H and O–H groups in total. The summed E-state index contributed by atoms with van der Waals surface area (Å²) in [6.07, 6.45) is 1.73. The average Bonchev–Trinajstić information content (AvgIpc) is 3.04. The monoisotopic (exact) mass is 367 g/mol. The minimum Gasteiger partial charge on any atom is -0.493 e. The maximum atomic E-state index is 5.52. The van der Waals surface area contributed by atoms with Gasteiger partial charge in [0.25, 0.3) is 0 Å². The van der Waals surface area contributed by atoms with Gasteiger partial charge in [0, 0.05) is 10.4 Å². The zero-order chi connectivity index (χ0) is 18.4. The molecule has 134 valence electrons. The smallest absolute Gasteiger partial charge is 0.204 e. The van der Waals surface area contributed by atoms with Gasteiger partial charge in [-0.2, -0.15) is 5.10 Å². The fourth-order valence-electron chi connectivity index (χ4n) is 2.51. The molecule has 6 heteroatoms. The molecule has 26 heavy (non-hydrogen) atoms. The lowest BCUT2D eigenvalue weighted by Crippen LogP contribution is -1.96. The van der Waals surface area contributed by atoms with Crippen LogP contribution in [0, 0.1) is 6.92 Å². The molecule has 0 fully saturated rings. The Hall–Kier alpha value is -2.86. The molecular formula is C20H21N3O2S. The fraction of sp³-hybridized carbons (Fsp3) is 0.200. The summed E-state index contributed by atoms with van der Waals surface area (Å²) in [4.78, 5) is 5.78. The van der Waals surface area contributed by atoms with Gasteiger partial charge in [-0.05, 0) is 37.6 Å². The van der Waals surface area contributed by atoms with E-state index in [1.165, 1.54) is 0 Å². The minimum absolute atomic E-state index is 0.596. The van der Waals surface area contributed by atoms with Crippen LogP contribution < -0.4 is 14.9 Å². The van der Waals surface area contributed by atoms with Crippen molar-refractivity contribution in [3.8, 4) is 22.8 Å². The van der Waals surface area contributed by atoms with Crippen molar-refractivity contribution in [2.45, 2.75) is 13.8 Å². The van der Waals surface area contributed by atoms with Crippen molar-refractivity contribution in [3.05, 3.63) is 59.0 Å². The Kier molecular flexibility index (Phi) is 5.86. The van der Waals surface area contributed by atoms with E-state index in [1.807, 2.05) is 43.3 Å². The molecular weight excluding hydrogens is 346 g/mol. The minimum atomic E-state index is 0.596. The number of hydrazone groups is 1. The second-order valence-corrected chi connectivity index (χ2v) is 6.71. The summed E-state index contributed by atoms with van der Waals surface area (Å²) >= 11 is 1.58. The molecule has 0 atom stereocenters. The number of hydrogen-bond acceptors (Lipinski definition) is 6. The first-order valence-corrected chi connectivity index (χ1v) is 9.15. The molecule has 0 radical (unpaired) electrons. The third-order valence-electron chi connectivity index (χ3n) is 3.71. The highest BCUT2D eigenvalue weighted by Gasteiger charge is 2.09. The molecule has 0 saturated heterocycles. The van der Waals surface area contributed by atoms with Gasteiger partial charge in [0.2, 0.25) is 5.13 Å². The van der Waals surface area contributed by atoms with Gasteiger partial charge < -0.3 is 9.47 Å². The highest BCUT2D eigenvalue weighted by atomic mass is 32.1. The van der Waals surface area contributed by atoms with Gasteiger partial charge in [-0.25, -0.2) is 4.98 Å². The molecule has 0 amide bonds. The van der Waals surface area contributed by atoms with E-state index >= 15 is 0 Å². The highest BCUT2D eigenvalue weighted by molar-refractivity contribution is 7.15. The van der Waals surface area contributed by atoms with Crippen LogP contribution in [0.15, 0.2) is 53.6 Å². The summed E-state index contributed by atoms with van der Waals surface area (Å²) in [6.45, 7) is 4.60. The average molecular weight is 367 g/mol. The van der Waals surface area contributed by atoms with Crippen molar-refractivity contribution in [2.24, 2.45) is 5.10 Å². The Bertz CT molecular complexity index is 891. The largest absolute Gasteiger partial charge is 0.493 e. The van der Waals surface area contributed by atoms with E-state index < -0.39 is 0 Å². The molecule has 3 rings (SSSR count). The van der Waals surface area contributed by atoms with Crippen molar-refractivity contribution in [1.82, 2.24) is 4.98 Å². The number of nitrogens with one attached hydrogen (secondary N) is 1. The summed E-state index contributed by atoms with van der Waals surface area (Å²) in [6, 6.07) is 15.8. The Balaban J connectivity index is 1.71. The lowest BCUT2D eigenvalue weighted by atomic mass is 10.1. The summed E-state index contributed by atoms with van der Waals surface area (Å²) < 4.78 is 10.9. The van der Waals surface area contributed by atoms with E-state index in [0.717, 1.165) is 32.6 Å². The summed E-state index contributed by atoms with van der Waals surface area (Å²) in [5, 5.41) is 5.05. The number of benzene rings is 2. The van der Waals surface area contributed by atoms with Gasteiger partial charge in [0.15, 0.2) is 11.5 Å². The molecule has 0 bridgehead atoms. The lowest BCUT2D eigenvalue weighted by molar-refractivity contribution is 0.311. The molecule has 0 aliphatic rings. The van der Waals surface area contributed by atoms with E-state index in [4.69, 9.17) is 9.47 Å². The molecule has 0 spiro atoms. The van der Waals surface area contributed by atoms with Crippen LogP contribution in [0.4, 0.5) is 5.13 Å². The third kappa shape index (κ3) is 4.21. The number of anilines is 1.